The number of halogens is 1. The molecule has 0 spiro atoms. The summed E-state index contributed by atoms with van der Waals surface area (Å²) >= 11 is 3.51. The number of aryl methyl sites for hydroxylation is 1. The average Bonchev–Trinajstić information content (AvgIpc) is 2.79. The van der Waals surface area contributed by atoms with E-state index >= 15 is 0 Å². The second-order valence-corrected chi connectivity index (χ2v) is 4.29. The minimum atomic E-state index is 0.417. The Morgan fingerprint density at radius 3 is 2.67 bits per heavy atom. The molecule has 1 N–H and O–H groups in total. The summed E-state index contributed by atoms with van der Waals surface area (Å²) in [5.41, 5.74) is 2.20. The highest BCUT2D eigenvalue weighted by atomic mass is 79.9. The van der Waals surface area contributed by atoms with E-state index in [2.05, 4.69) is 15.9 Å². The largest absolute Gasteiger partial charge is 0.508 e. The van der Waals surface area contributed by atoms with Crippen molar-refractivity contribution in [3.63, 3.8) is 0 Å². The van der Waals surface area contributed by atoms with Crippen molar-refractivity contribution in [3.05, 3.63) is 27.7 Å². The van der Waals surface area contributed by atoms with Gasteiger partial charge in [-0.1, -0.05) is 15.9 Å². The minimum Gasteiger partial charge on any atom is -0.508 e. The average molecular weight is 227 g/mol. The first kappa shape index (κ1) is 8.11. The Balaban J connectivity index is 2.47. The van der Waals surface area contributed by atoms with Crippen molar-refractivity contribution < 1.29 is 5.11 Å². The maximum atomic E-state index is 9.48. The van der Waals surface area contributed by atoms with Gasteiger partial charge in [0.2, 0.25) is 0 Å². The molecule has 12 heavy (non-hydrogen) atoms. The van der Waals surface area contributed by atoms with Gasteiger partial charge in [-0.2, -0.15) is 0 Å². The Bertz CT molecular complexity index is 316. The number of phenols is 1. The molecule has 1 aliphatic carbocycles. The van der Waals surface area contributed by atoms with Crippen LogP contribution in [0.4, 0.5) is 0 Å². The SMILES string of the molecule is Cc1cc(Br)c(C2CC2)cc1O. The summed E-state index contributed by atoms with van der Waals surface area (Å²) in [4.78, 5) is 0. The third-order valence-corrected chi connectivity index (χ3v) is 3.02. The maximum Gasteiger partial charge on any atom is 0.118 e. The number of benzene rings is 1. The van der Waals surface area contributed by atoms with Gasteiger partial charge in [-0.3, -0.25) is 0 Å². The third-order valence-electron chi connectivity index (χ3n) is 2.33. The van der Waals surface area contributed by atoms with Gasteiger partial charge >= 0.3 is 0 Å². The first-order chi connectivity index (χ1) is 5.68. The third kappa shape index (κ3) is 1.36. The number of hydrogen-bond acceptors (Lipinski definition) is 1. The molecule has 0 atom stereocenters. The number of hydrogen-bond donors (Lipinski definition) is 1. The van der Waals surface area contributed by atoms with Crippen molar-refractivity contribution in [1.82, 2.24) is 0 Å². The molecule has 0 amide bonds. The van der Waals surface area contributed by atoms with E-state index in [4.69, 9.17) is 0 Å². The molecule has 0 bridgehead atoms. The summed E-state index contributed by atoms with van der Waals surface area (Å²) in [6, 6.07) is 3.88. The quantitative estimate of drug-likeness (QED) is 0.779. The first-order valence-electron chi connectivity index (χ1n) is 4.17. The molecule has 64 valence electrons. The lowest BCUT2D eigenvalue weighted by molar-refractivity contribution is 0.470. The second kappa shape index (κ2) is 2.77. The summed E-state index contributed by atoms with van der Waals surface area (Å²) in [6.45, 7) is 1.91. The molecule has 1 aliphatic rings. The summed E-state index contributed by atoms with van der Waals surface area (Å²) < 4.78 is 1.14. The Kier molecular flexibility index (Phi) is 1.87. The van der Waals surface area contributed by atoms with Gasteiger partial charge in [0.05, 0.1) is 0 Å². The van der Waals surface area contributed by atoms with Gasteiger partial charge in [0.1, 0.15) is 5.75 Å². The smallest absolute Gasteiger partial charge is 0.118 e. The van der Waals surface area contributed by atoms with E-state index in [1.165, 1.54) is 18.4 Å². The van der Waals surface area contributed by atoms with Crippen molar-refractivity contribution in [2.75, 3.05) is 0 Å². The van der Waals surface area contributed by atoms with Crippen LogP contribution in [0.1, 0.15) is 29.9 Å². The molecule has 0 radical (unpaired) electrons. The van der Waals surface area contributed by atoms with Gasteiger partial charge in [-0.05, 0) is 48.9 Å². The fourth-order valence-corrected chi connectivity index (χ4v) is 2.17. The van der Waals surface area contributed by atoms with E-state index in [0.717, 1.165) is 10.0 Å². The summed E-state index contributed by atoms with van der Waals surface area (Å²) in [6.07, 6.45) is 2.53. The molecule has 2 heteroatoms. The van der Waals surface area contributed by atoms with Crippen LogP contribution in [0.5, 0.6) is 5.75 Å². The lowest BCUT2D eigenvalue weighted by atomic mass is 10.1. The zero-order valence-electron chi connectivity index (χ0n) is 6.97. The number of phenolic OH excluding ortho intramolecular Hbond substituents is 1. The van der Waals surface area contributed by atoms with E-state index in [-0.39, 0.29) is 0 Å². The highest BCUT2D eigenvalue weighted by Crippen LogP contribution is 2.44. The van der Waals surface area contributed by atoms with Gasteiger partial charge in [-0.25, -0.2) is 0 Å². The van der Waals surface area contributed by atoms with Crippen LogP contribution in [0, 0.1) is 6.92 Å². The van der Waals surface area contributed by atoms with E-state index in [0.29, 0.717) is 11.7 Å². The topological polar surface area (TPSA) is 20.2 Å². The van der Waals surface area contributed by atoms with E-state index in [1.54, 1.807) is 0 Å². The van der Waals surface area contributed by atoms with E-state index in [1.807, 2.05) is 19.1 Å². The van der Waals surface area contributed by atoms with Crippen molar-refractivity contribution in [1.29, 1.82) is 0 Å². The van der Waals surface area contributed by atoms with Gasteiger partial charge in [0, 0.05) is 4.47 Å². The molecular formula is C10H11BrO. The predicted molar refractivity (Wildman–Crippen MR) is 52.5 cm³/mol. The van der Waals surface area contributed by atoms with Crippen LogP contribution in [-0.4, -0.2) is 5.11 Å². The maximum absolute atomic E-state index is 9.48. The normalized spacial score (nSPS) is 16.5. The van der Waals surface area contributed by atoms with Crippen LogP contribution in [0.2, 0.25) is 0 Å². The monoisotopic (exact) mass is 226 g/mol. The Morgan fingerprint density at radius 2 is 2.08 bits per heavy atom. The highest BCUT2D eigenvalue weighted by molar-refractivity contribution is 9.10. The molecule has 1 fully saturated rings. The van der Waals surface area contributed by atoms with Crippen LogP contribution in [-0.2, 0) is 0 Å². The lowest BCUT2D eigenvalue weighted by Crippen LogP contribution is -1.84. The number of aromatic hydroxyl groups is 1. The summed E-state index contributed by atoms with van der Waals surface area (Å²) in [5, 5.41) is 9.48. The van der Waals surface area contributed by atoms with Crippen LogP contribution in [0.15, 0.2) is 16.6 Å². The Morgan fingerprint density at radius 1 is 1.42 bits per heavy atom. The predicted octanol–water partition coefficient (Wildman–Crippen LogP) is 3.34. The highest BCUT2D eigenvalue weighted by Gasteiger charge is 2.26. The molecule has 0 aliphatic heterocycles. The lowest BCUT2D eigenvalue weighted by Gasteiger charge is -2.05. The fraction of sp³-hybridized carbons (Fsp3) is 0.400. The molecule has 1 saturated carbocycles. The molecule has 0 heterocycles. The minimum absolute atomic E-state index is 0.417. The first-order valence-corrected chi connectivity index (χ1v) is 4.97. The van der Waals surface area contributed by atoms with E-state index < -0.39 is 0 Å². The Hall–Kier alpha value is -0.500. The zero-order chi connectivity index (χ0) is 8.72. The fourth-order valence-electron chi connectivity index (χ4n) is 1.38. The van der Waals surface area contributed by atoms with Crippen molar-refractivity contribution in [2.24, 2.45) is 0 Å². The van der Waals surface area contributed by atoms with Gasteiger partial charge in [0.25, 0.3) is 0 Å². The zero-order valence-corrected chi connectivity index (χ0v) is 8.56. The summed E-state index contributed by atoms with van der Waals surface area (Å²) in [5.74, 6) is 1.10. The van der Waals surface area contributed by atoms with Crippen LogP contribution >= 0.6 is 15.9 Å². The van der Waals surface area contributed by atoms with Crippen molar-refractivity contribution in [3.8, 4) is 5.75 Å². The molecule has 0 aromatic heterocycles. The summed E-state index contributed by atoms with van der Waals surface area (Å²) in [7, 11) is 0. The Labute approximate surface area is 80.5 Å². The van der Waals surface area contributed by atoms with Crippen molar-refractivity contribution >= 4 is 15.9 Å². The molecule has 1 nitrogen and oxygen atoms in total. The van der Waals surface area contributed by atoms with Gasteiger partial charge in [-0.15, -0.1) is 0 Å². The second-order valence-electron chi connectivity index (χ2n) is 3.43. The van der Waals surface area contributed by atoms with Crippen LogP contribution < -0.4 is 0 Å². The number of rotatable bonds is 1. The molecule has 0 saturated heterocycles. The van der Waals surface area contributed by atoms with Gasteiger partial charge in [0.15, 0.2) is 0 Å². The molecule has 2 rings (SSSR count). The van der Waals surface area contributed by atoms with Gasteiger partial charge < -0.3 is 5.11 Å². The molecular weight excluding hydrogens is 216 g/mol. The van der Waals surface area contributed by atoms with E-state index in [9.17, 15) is 5.11 Å². The molecule has 1 aromatic carbocycles. The molecule has 0 unspecified atom stereocenters. The van der Waals surface area contributed by atoms with Crippen LogP contribution in [0.3, 0.4) is 0 Å². The van der Waals surface area contributed by atoms with Crippen molar-refractivity contribution in [2.45, 2.75) is 25.7 Å². The standard InChI is InChI=1S/C10H11BrO/c1-6-4-9(11)8(5-10(6)12)7-2-3-7/h4-5,7,12H,2-3H2,1H3. The molecule has 1 aromatic rings. The van der Waals surface area contributed by atoms with Crippen LogP contribution in [0.25, 0.3) is 0 Å².